The van der Waals surface area contributed by atoms with Gasteiger partial charge in [0.1, 0.15) is 21.5 Å². The molecule has 0 aliphatic rings. The van der Waals surface area contributed by atoms with Gasteiger partial charge in [-0.05, 0) is 130 Å². The Morgan fingerprint density at radius 3 is 1.40 bits per heavy atom. The highest BCUT2D eigenvalue weighted by Crippen LogP contribution is 2.47. The molecule has 0 unspecified atom stereocenters. The van der Waals surface area contributed by atoms with Gasteiger partial charge in [-0.15, -0.1) is 10.2 Å². The number of benzene rings is 4. The second-order valence-electron chi connectivity index (χ2n) is 13.8. The number of hydrogen-bond donors (Lipinski definition) is 2. The van der Waals surface area contributed by atoms with Crippen LogP contribution in [0, 0.1) is 6.92 Å². The number of nitrogen functional groups attached to an aromatic ring is 1. The Morgan fingerprint density at radius 2 is 1.02 bits per heavy atom. The van der Waals surface area contributed by atoms with E-state index in [0.29, 0.717) is 24.3 Å². The second-order valence-corrected chi connectivity index (χ2v) is 19.4. The number of phenols is 1. The summed E-state index contributed by atoms with van der Waals surface area (Å²) in [6, 6.07) is 13.9. The van der Waals surface area contributed by atoms with Gasteiger partial charge in [0.05, 0.1) is 48.6 Å². The van der Waals surface area contributed by atoms with E-state index in [4.69, 9.17) is 5.73 Å². The average Bonchev–Trinajstić information content (AvgIpc) is 3.15. The van der Waals surface area contributed by atoms with Crippen molar-refractivity contribution in [2.24, 2.45) is 20.5 Å². The van der Waals surface area contributed by atoms with E-state index in [9.17, 15) is 34.9 Å². The minimum atomic E-state index is -5.18. The van der Waals surface area contributed by atoms with Crippen molar-refractivity contribution in [3.05, 3.63) is 66.2 Å². The Kier molecular flexibility index (Phi) is 15.8. The molecule has 0 heterocycles. The van der Waals surface area contributed by atoms with Gasteiger partial charge < -0.3 is 25.2 Å². The van der Waals surface area contributed by atoms with Crippen molar-refractivity contribution in [2.45, 2.75) is 75.0 Å². The molecule has 3 N–H and O–H groups in total. The lowest BCUT2D eigenvalue weighted by molar-refractivity contribution is 0.290. The van der Waals surface area contributed by atoms with Gasteiger partial charge in [0.2, 0.25) is 0 Å². The van der Waals surface area contributed by atoms with Crippen molar-refractivity contribution >= 4 is 69.0 Å². The summed E-state index contributed by atoms with van der Waals surface area (Å²) >= 11 is 0. The largest absolute Gasteiger partial charge is 0.744 e. The summed E-state index contributed by atoms with van der Waals surface area (Å²) in [6.07, 6.45) is 3.68. The van der Waals surface area contributed by atoms with E-state index in [1.165, 1.54) is 54.6 Å². The molecule has 0 spiro atoms. The Labute approximate surface area is 336 Å². The highest BCUT2D eigenvalue weighted by molar-refractivity contribution is 7.91. The molecule has 57 heavy (non-hydrogen) atoms. The minimum absolute atomic E-state index is 0.0186. The molecular weight excluding hydrogens is 791 g/mol. The monoisotopic (exact) mass is 842 g/mol. The zero-order valence-corrected chi connectivity index (χ0v) is 35.5. The van der Waals surface area contributed by atoms with Gasteiger partial charge in [0.15, 0.2) is 25.4 Å². The van der Waals surface area contributed by atoms with Crippen LogP contribution in [0.4, 0.5) is 28.4 Å². The summed E-state index contributed by atoms with van der Waals surface area (Å²) in [5.41, 5.74) is 6.75. The predicted octanol–water partition coefficient (Wildman–Crippen LogP) is 7.96. The Balaban J connectivity index is 1.62. The fourth-order valence-corrected chi connectivity index (χ4v) is 9.64. The van der Waals surface area contributed by atoms with Crippen LogP contribution in [0.25, 0.3) is 10.8 Å². The molecular formula is C39H52N7O8S3-. The Hall–Kier alpha value is -4.33. The van der Waals surface area contributed by atoms with Crippen LogP contribution in [0.5, 0.6) is 5.75 Å². The molecule has 0 atom stereocenters. The maximum Gasteiger partial charge on any atom is 0.179 e. The van der Waals surface area contributed by atoms with Gasteiger partial charge in [-0.2, -0.15) is 10.2 Å². The fourth-order valence-electron chi connectivity index (χ4n) is 6.43. The summed E-state index contributed by atoms with van der Waals surface area (Å²) in [6.45, 7) is 13.9. The number of azo groups is 2. The van der Waals surface area contributed by atoms with Crippen molar-refractivity contribution in [2.75, 3.05) is 56.5 Å². The zero-order valence-electron chi connectivity index (χ0n) is 33.0. The molecule has 0 aliphatic heterocycles. The third kappa shape index (κ3) is 11.9. The van der Waals surface area contributed by atoms with Crippen LogP contribution in [0.2, 0.25) is 0 Å². The van der Waals surface area contributed by atoms with Gasteiger partial charge in [0.25, 0.3) is 0 Å². The molecule has 0 aromatic heterocycles. The smallest absolute Gasteiger partial charge is 0.179 e. The van der Waals surface area contributed by atoms with E-state index in [1.54, 1.807) is 6.92 Å². The van der Waals surface area contributed by atoms with Crippen molar-refractivity contribution in [3.63, 3.8) is 0 Å². The molecule has 310 valence electrons. The van der Waals surface area contributed by atoms with Crippen LogP contribution in [-0.2, 0) is 29.8 Å². The van der Waals surface area contributed by atoms with Crippen LogP contribution in [0.3, 0.4) is 0 Å². The van der Waals surface area contributed by atoms with Crippen LogP contribution in [-0.4, -0.2) is 95.5 Å². The molecule has 4 aromatic rings. The van der Waals surface area contributed by atoms with Crippen LogP contribution >= 0.6 is 0 Å². The molecule has 4 rings (SSSR count). The quantitative estimate of drug-likeness (QED) is 0.0464. The van der Waals surface area contributed by atoms with E-state index in [0.717, 1.165) is 57.9 Å². The number of nitrogens with zero attached hydrogens (tertiary/aromatic N) is 6. The molecule has 0 radical (unpaired) electrons. The van der Waals surface area contributed by atoms with E-state index in [1.807, 2.05) is 13.8 Å². The molecule has 4 aromatic carbocycles. The number of phenolic OH excluding ortho intramolecular Hbond substituents is 1. The maximum absolute atomic E-state index is 13.0. The zero-order chi connectivity index (χ0) is 42.0. The van der Waals surface area contributed by atoms with Crippen molar-refractivity contribution in [1.82, 2.24) is 9.80 Å². The summed E-state index contributed by atoms with van der Waals surface area (Å²) in [4.78, 5) is 3.62. The van der Waals surface area contributed by atoms with E-state index >= 15 is 0 Å². The fraction of sp³-hybridized carbons (Fsp3) is 0.436. The lowest BCUT2D eigenvalue weighted by Gasteiger charge is -2.20. The summed E-state index contributed by atoms with van der Waals surface area (Å²) < 4.78 is 89.2. The summed E-state index contributed by atoms with van der Waals surface area (Å²) in [7, 11) is -12.3. The minimum Gasteiger partial charge on any atom is -0.744 e. The molecule has 18 heteroatoms. The first-order valence-electron chi connectivity index (χ1n) is 18.9. The van der Waals surface area contributed by atoms with Gasteiger partial charge >= 0.3 is 0 Å². The van der Waals surface area contributed by atoms with E-state index in [-0.39, 0.29) is 49.1 Å². The van der Waals surface area contributed by atoms with Gasteiger partial charge in [0, 0.05) is 13.1 Å². The Bertz CT molecular complexity index is 2390. The number of rotatable bonds is 21. The Morgan fingerprint density at radius 1 is 0.614 bits per heavy atom. The molecule has 0 saturated heterocycles. The van der Waals surface area contributed by atoms with Gasteiger partial charge in [-0.25, -0.2) is 25.3 Å². The number of hydrogen-bond acceptors (Lipinski definition) is 15. The number of aryl methyl sites for hydroxylation is 1. The molecule has 0 saturated carbocycles. The SMILES string of the molecule is CCCN(CCC)CCS(=O)(=O)c1ccc(N=Nc2c(C)cc3cc(S(=O)(=O)[O-])c(N=Nc4ccc(S(=O)(=O)CCN(CCC)CCC)cc4)c(O)c3c2N)cc1. The number of fused-ring (bicyclic) bond motifs is 1. The van der Waals surface area contributed by atoms with Crippen LogP contribution in [0.15, 0.2) is 95.8 Å². The van der Waals surface area contributed by atoms with Gasteiger partial charge in [-0.1, -0.05) is 27.7 Å². The molecule has 0 aliphatic carbocycles. The first kappa shape index (κ1) is 45.4. The number of anilines is 1. The highest BCUT2D eigenvalue weighted by atomic mass is 32.2. The molecule has 0 bridgehead atoms. The summed E-state index contributed by atoms with van der Waals surface area (Å²) in [5, 5.41) is 27.9. The first-order chi connectivity index (χ1) is 26.9. The third-order valence-electron chi connectivity index (χ3n) is 9.24. The van der Waals surface area contributed by atoms with Crippen LogP contribution < -0.4 is 5.73 Å². The first-order valence-corrected chi connectivity index (χ1v) is 23.6. The number of aromatic hydroxyl groups is 1. The molecule has 0 fully saturated rings. The standard InChI is InChI=1S/C39H53N7O8S3/c1-6-18-45(19-7-2)22-24-55(48,49)32-14-10-30(11-15-32)41-43-37-28(5)26-29-27-34(57(52,53)54)38(39(47)35(29)36(37)40)44-42-31-12-16-33(17-13-31)56(50,51)25-23-46(20-8-3)21-9-4/h10-17,26-27,47H,6-9,18-25,40H2,1-5H3,(H,52,53,54)/p-1. The third-order valence-corrected chi connectivity index (χ3v) is 13.5. The topological polar surface area (TPSA) is 228 Å². The van der Waals surface area contributed by atoms with E-state index in [2.05, 4.69) is 44.1 Å². The average molecular weight is 843 g/mol. The summed E-state index contributed by atoms with van der Waals surface area (Å²) in [5.74, 6) is -0.830. The van der Waals surface area contributed by atoms with Crippen LogP contribution in [0.1, 0.15) is 58.9 Å². The maximum atomic E-state index is 13.0. The van der Waals surface area contributed by atoms with E-state index < -0.39 is 46.1 Å². The van der Waals surface area contributed by atoms with Crippen molar-refractivity contribution in [1.29, 1.82) is 0 Å². The normalized spacial score (nSPS) is 12.9. The van der Waals surface area contributed by atoms with Gasteiger partial charge in [-0.3, -0.25) is 0 Å². The lowest BCUT2D eigenvalue weighted by Crippen LogP contribution is -2.30. The number of sulfone groups is 2. The molecule has 0 amide bonds. The van der Waals surface area contributed by atoms with Crippen molar-refractivity contribution < 1.29 is 34.9 Å². The molecule has 15 nitrogen and oxygen atoms in total. The lowest BCUT2D eigenvalue weighted by atomic mass is 10.0. The second kappa shape index (κ2) is 19.9. The predicted molar refractivity (Wildman–Crippen MR) is 222 cm³/mol. The van der Waals surface area contributed by atoms with Crippen molar-refractivity contribution in [3.8, 4) is 5.75 Å². The highest BCUT2D eigenvalue weighted by Gasteiger charge is 2.22. The number of nitrogens with two attached hydrogens (primary N) is 1.